The number of hydrogen-bond acceptors (Lipinski definition) is 1. The van der Waals surface area contributed by atoms with Gasteiger partial charge in [0.15, 0.2) is 0 Å². The fourth-order valence-corrected chi connectivity index (χ4v) is 0. The quantitative estimate of drug-likeness (QED) is 0.548. The largest absolute Gasteiger partial charge is 0 e. The van der Waals surface area contributed by atoms with E-state index in [1.54, 1.807) is 0 Å². The second-order valence-electron chi connectivity index (χ2n) is 0. The van der Waals surface area contributed by atoms with Crippen LogP contribution in [-0.4, -0.2) is 9.67 Å². The van der Waals surface area contributed by atoms with Gasteiger partial charge in [-0.2, -0.15) is 0 Å². The molecule has 3 N–H and O–H groups in total. The molecule has 7 heavy (non-hydrogen) atoms. The first-order valence-corrected chi connectivity index (χ1v) is 0.697. The zero-order chi connectivity index (χ0) is 2.00. The van der Waals surface area contributed by atoms with Crippen molar-refractivity contribution in [3.8, 4) is 0 Å². The van der Waals surface area contributed by atoms with Gasteiger partial charge in [-0.15, -0.1) is 0 Å². The molecule has 0 fully saturated rings. The van der Waals surface area contributed by atoms with Crippen LogP contribution < -0.4 is 0 Å². The molecule has 0 aromatic rings. The van der Waals surface area contributed by atoms with Crippen molar-refractivity contribution in [2.75, 3.05) is 0 Å². The summed E-state index contributed by atoms with van der Waals surface area (Å²) in [7, 11) is 0. The van der Waals surface area contributed by atoms with Gasteiger partial charge in [0, 0.05) is 72.2 Å². The minimum Gasteiger partial charge on any atom is 0 e. The Hall–Kier alpha value is 2.69. The van der Waals surface area contributed by atoms with Crippen molar-refractivity contribution >= 4 is 0 Å². The van der Waals surface area contributed by atoms with Crippen molar-refractivity contribution in [1.29, 1.82) is 0 Å². The normalized spacial score (nSPS) is 0.857. The van der Waals surface area contributed by atoms with E-state index in [0.29, 0.717) is 0 Å². The molecule has 2 radical (unpaired) electrons. The third-order valence-corrected chi connectivity index (χ3v) is 0. The van der Waals surface area contributed by atoms with Crippen molar-refractivity contribution in [1.82, 2.24) is 0 Å². The molecule has 0 spiro atoms. The maximum atomic E-state index is 6.81. The average Bonchev–Trinajstić information content (AvgIpc) is 1.00. The molecular weight excluding hydrogens is 323 g/mol. The predicted octanol–water partition coefficient (Wildman–Crippen LogP) is -1.39. The summed E-state index contributed by atoms with van der Waals surface area (Å²) in [6.07, 6.45) is 0. The van der Waals surface area contributed by atoms with Crippen molar-refractivity contribution in [3.63, 3.8) is 0 Å². The predicted molar refractivity (Wildman–Crippen MR) is 5.83 cm³/mol. The maximum absolute atomic E-state index is 6.81. The van der Waals surface area contributed by atoms with Crippen LogP contribution in [0.5, 0.6) is 0 Å². The van der Waals surface area contributed by atoms with E-state index in [1.807, 2.05) is 16.3 Å². The molecule has 2 nitrogen and oxygen atoms in total. The van der Waals surface area contributed by atoms with Crippen LogP contribution in [0.25, 0.3) is 0 Å². The molecule has 0 aliphatic rings. The Balaban J connectivity index is -0.000000000500. The van der Waals surface area contributed by atoms with Crippen LogP contribution in [-0.2, 0) is 88.5 Å². The first-order chi connectivity index (χ1) is 1.00. The van der Waals surface area contributed by atoms with Gasteiger partial charge in [-0.05, 0) is 0 Å². The smallest absolute Gasteiger partial charge is 0 e. The van der Waals surface area contributed by atoms with Crippen molar-refractivity contribution < 1.29 is 98.2 Å². The summed E-state index contributed by atoms with van der Waals surface area (Å²) < 4.78 is 6.81. The minimum absolute atomic E-state index is 0. The van der Waals surface area contributed by atoms with Gasteiger partial charge in [0.2, 0.25) is 0 Å². The number of hydrogen-bond donors (Lipinski definition) is 1. The van der Waals surface area contributed by atoms with E-state index in [4.69, 9.17) is 4.19 Å². The van der Waals surface area contributed by atoms with E-state index in [0.717, 1.165) is 0 Å². The zero-order valence-corrected chi connectivity index (χ0v) is 10.7. The molecule has 7 heteroatoms. The molecule has 0 aliphatic heterocycles. The van der Waals surface area contributed by atoms with Crippen LogP contribution in [0.2, 0.25) is 0 Å². The van der Waals surface area contributed by atoms with Crippen LogP contribution in [0.3, 0.4) is 0 Å². The topological polar surface area (TPSA) is 51.7 Å². The SMILES string of the molecule is O.[Cu].[Fe].[OH][Mn].[V].[Zn]. The van der Waals surface area contributed by atoms with Crippen LogP contribution in [0.1, 0.15) is 0 Å². The summed E-state index contributed by atoms with van der Waals surface area (Å²) >= 11 is 1.94. The van der Waals surface area contributed by atoms with Crippen LogP contribution in [0.15, 0.2) is 0 Å². The monoisotopic (exact) mass is 324 g/mol. The molecule has 0 saturated carbocycles. The van der Waals surface area contributed by atoms with Gasteiger partial charge in [-0.1, -0.05) is 0 Å². The molecule has 0 aliphatic carbocycles. The molecule has 0 unspecified atom stereocenters. The van der Waals surface area contributed by atoms with Gasteiger partial charge < -0.3 is 5.48 Å². The second kappa shape index (κ2) is 71.1. The van der Waals surface area contributed by atoms with E-state index in [9.17, 15) is 0 Å². The van der Waals surface area contributed by atoms with Crippen LogP contribution in [0.4, 0.5) is 0 Å². The van der Waals surface area contributed by atoms with Crippen molar-refractivity contribution in [2.24, 2.45) is 0 Å². The van der Waals surface area contributed by atoms with Gasteiger partial charge in [-0.3, -0.25) is 0 Å². The summed E-state index contributed by atoms with van der Waals surface area (Å²) in [6, 6.07) is 0. The van der Waals surface area contributed by atoms with Gasteiger partial charge in [0.1, 0.15) is 0 Å². The second-order valence-corrected chi connectivity index (χ2v) is 0. The van der Waals surface area contributed by atoms with Gasteiger partial charge in [0.25, 0.3) is 0 Å². The summed E-state index contributed by atoms with van der Waals surface area (Å²) in [5, 5.41) is 0. The summed E-state index contributed by atoms with van der Waals surface area (Å²) in [5.41, 5.74) is 0. The Morgan fingerprint density at radius 1 is 1.14 bits per heavy atom. The van der Waals surface area contributed by atoms with Crippen molar-refractivity contribution in [2.45, 2.75) is 0 Å². The number of rotatable bonds is 0. The molecule has 0 rings (SSSR count). The fourth-order valence-electron chi connectivity index (χ4n) is 0. The van der Waals surface area contributed by atoms with Gasteiger partial charge in [-0.25, -0.2) is 0 Å². The molecule has 0 amide bonds. The Kier molecular flexibility index (Phi) is 546. The molecule has 0 aromatic heterocycles. The Bertz CT molecular complexity index is 17.7. The molecule has 0 heterocycles. The first kappa shape index (κ1) is 53.8. The van der Waals surface area contributed by atoms with Gasteiger partial charge >= 0.3 is 20.5 Å². The standard InChI is InChI=1S/Cu.Fe.Mn.2H2O.V.Zn/h;;;2*1H2;;/q;;+1;;;;/p-1. The third kappa shape index (κ3) is 53.8. The van der Waals surface area contributed by atoms with Gasteiger partial charge in [0.05, 0.1) is 0 Å². The fraction of sp³-hybridized carbons (Fsp3) is 0. The summed E-state index contributed by atoms with van der Waals surface area (Å²) in [6.45, 7) is 0. The Morgan fingerprint density at radius 3 is 1.14 bits per heavy atom. The van der Waals surface area contributed by atoms with Crippen molar-refractivity contribution in [3.05, 3.63) is 0 Å². The van der Waals surface area contributed by atoms with E-state index >= 15 is 0 Å². The summed E-state index contributed by atoms with van der Waals surface area (Å²) in [5.74, 6) is 0. The molecule has 48 valence electrons. The molecule has 0 aromatic carbocycles. The average molecular weight is 326 g/mol. The molecule has 0 saturated heterocycles. The first-order valence-electron chi connectivity index (χ1n) is 0.169. The van der Waals surface area contributed by atoms with Crippen LogP contribution in [0, 0.1) is 0 Å². The maximum Gasteiger partial charge on any atom is 0 e. The third-order valence-electron chi connectivity index (χ3n) is 0. The summed E-state index contributed by atoms with van der Waals surface area (Å²) in [4.78, 5) is 0. The Morgan fingerprint density at radius 2 is 1.14 bits per heavy atom. The Labute approximate surface area is 97.0 Å². The molecule has 0 bridgehead atoms. The minimum atomic E-state index is 0. The van der Waals surface area contributed by atoms with E-state index in [2.05, 4.69) is 0 Å². The van der Waals surface area contributed by atoms with E-state index in [-0.39, 0.29) is 77.6 Å². The zero-order valence-electron chi connectivity index (χ0n) is 3.13. The van der Waals surface area contributed by atoms with E-state index in [1.165, 1.54) is 0 Å². The molecular formula is H3CuFeMnO2VZn. The van der Waals surface area contributed by atoms with E-state index < -0.39 is 0 Å². The molecule has 0 atom stereocenters. The van der Waals surface area contributed by atoms with Crippen LogP contribution >= 0.6 is 0 Å².